The number of hydrogen-bond donors (Lipinski definition) is 3. The van der Waals surface area contributed by atoms with E-state index in [1.54, 1.807) is 6.07 Å². The summed E-state index contributed by atoms with van der Waals surface area (Å²) in [6.45, 7) is 0. The predicted octanol–water partition coefficient (Wildman–Crippen LogP) is 2.52. The topological polar surface area (TPSA) is 80.0 Å². The average Bonchev–Trinajstić information content (AvgIpc) is 2.41. The van der Waals surface area contributed by atoms with E-state index in [0.29, 0.717) is 21.4 Å². The fraction of sp³-hybridized carbons (Fsp3) is 0. The molecular weight excluding hydrogens is 315 g/mol. The molecule has 1 amide bonds. The Kier molecular flexibility index (Phi) is 4.08. The number of hydrazine groups is 1. The number of nitrogen functional groups attached to an aromatic ring is 1. The van der Waals surface area contributed by atoms with Crippen LogP contribution in [0.5, 0.6) is 0 Å². The minimum atomic E-state index is -0.395. The number of benzene rings is 1. The Hall–Kier alpha value is -1.99. The molecule has 1 aromatic heterocycles. The molecule has 19 heavy (non-hydrogen) atoms. The van der Waals surface area contributed by atoms with E-state index in [4.69, 9.17) is 5.84 Å². The number of pyridine rings is 1. The van der Waals surface area contributed by atoms with Crippen molar-refractivity contribution < 1.29 is 9.18 Å². The van der Waals surface area contributed by atoms with Crippen molar-refractivity contribution >= 4 is 33.2 Å². The molecule has 0 fully saturated rings. The molecule has 1 aromatic carbocycles. The Balaban J connectivity index is 2.26. The lowest BCUT2D eigenvalue weighted by molar-refractivity contribution is 0.102. The van der Waals surface area contributed by atoms with Gasteiger partial charge in [-0.25, -0.2) is 4.39 Å². The third kappa shape index (κ3) is 3.07. The van der Waals surface area contributed by atoms with Gasteiger partial charge in [0, 0.05) is 16.9 Å². The van der Waals surface area contributed by atoms with E-state index in [0.717, 1.165) is 0 Å². The molecule has 1 heterocycles. The van der Waals surface area contributed by atoms with Gasteiger partial charge >= 0.3 is 0 Å². The minimum Gasteiger partial charge on any atom is -0.323 e. The van der Waals surface area contributed by atoms with Crippen LogP contribution in [0.1, 0.15) is 10.4 Å². The molecule has 0 atom stereocenters. The second-order valence-corrected chi connectivity index (χ2v) is 4.50. The molecule has 2 rings (SSSR count). The van der Waals surface area contributed by atoms with Crippen molar-refractivity contribution in [3.05, 3.63) is 52.5 Å². The molecule has 5 nitrogen and oxygen atoms in total. The predicted molar refractivity (Wildman–Crippen MR) is 74.1 cm³/mol. The van der Waals surface area contributed by atoms with E-state index < -0.39 is 11.7 Å². The second kappa shape index (κ2) is 5.77. The minimum absolute atomic E-state index is 0.293. The SMILES string of the molecule is NNc1ccncc1C(=O)Nc1ccc(F)cc1Br. The quantitative estimate of drug-likeness (QED) is 0.598. The number of nitrogens with one attached hydrogen (secondary N) is 2. The van der Waals surface area contributed by atoms with Gasteiger partial charge in [-0.05, 0) is 40.2 Å². The third-order valence-corrected chi connectivity index (χ3v) is 3.06. The summed E-state index contributed by atoms with van der Waals surface area (Å²) in [7, 11) is 0. The number of carbonyl (C=O) groups excluding carboxylic acids is 1. The van der Waals surface area contributed by atoms with Crippen molar-refractivity contribution in [2.45, 2.75) is 0 Å². The Bertz CT molecular complexity index is 620. The molecule has 7 heteroatoms. The Morgan fingerprint density at radius 1 is 1.32 bits per heavy atom. The third-order valence-electron chi connectivity index (χ3n) is 2.40. The normalized spacial score (nSPS) is 10.1. The molecule has 0 bridgehead atoms. The summed E-state index contributed by atoms with van der Waals surface area (Å²) >= 11 is 3.17. The highest BCUT2D eigenvalue weighted by Gasteiger charge is 2.12. The Morgan fingerprint density at radius 3 is 2.79 bits per heavy atom. The van der Waals surface area contributed by atoms with Crippen molar-refractivity contribution in [2.24, 2.45) is 5.84 Å². The van der Waals surface area contributed by atoms with Crippen LogP contribution in [-0.2, 0) is 0 Å². The molecule has 98 valence electrons. The van der Waals surface area contributed by atoms with E-state index in [2.05, 4.69) is 31.7 Å². The maximum Gasteiger partial charge on any atom is 0.259 e. The summed E-state index contributed by atoms with van der Waals surface area (Å²) in [6.07, 6.45) is 2.90. The van der Waals surface area contributed by atoms with Gasteiger partial charge in [0.15, 0.2) is 0 Å². The lowest BCUT2D eigenvalue weighted by atomic mass is 10.2. The highest BCUT2D eigenvalue weighted by Crippen LogP contribution is 2.24. The summed E-state index contributed by atoms with van der Waals surface area (Å²) in [6, 6.07) is 5.56. The number of rotatable bonds is 3. The number of carbonyl (C=O) groups is 1. The number of nitrogens with zero attached hydrogens (tertiary/aromatic N) is 1. The zero-order chi connectivity index (χ0) is 13.8. The first-order chi connectivity index (χ1) is 9.11. The monoisotopic (exact) mass is 324 g/mol. The number of halogens is 2. The standard InChI is InChI=1S/C12H10BrFN4O/c13-9-5-7(14)1-2-11(9)17-12(19)8-6-16-4-3-10(8)18-15/h1-6H,15H2,(H,16,18)(H,17,19). The summed E-state index contributed by atoms with van der Waals surface area (Å²) in [5.74, 6) is 4.53. The van der Waals surface area contributed by atoms with Gasteiger partial charge in [0.1, 0.15) is 5.82 Å². The molecular formula is C12H10BrFN4O. The van der Waals surface area contributed by atoms with E-state index in [9.17, 15) is 9.18 Å². The maximum atomic E-state index is 12.9. The molecule has 0 aliphatic rings. The van der Waals surface area contributed by atoms with Gasteiger partial charge in [0.05, 0.1) is 16.9 Å². The lowest BCUT2D eigenvalue weighted by Gasteiger charge is -2.10. The highest BCUT2D eigenvalue weighted by molar-refractivity contribution is 9.10. The zero-order valence-corrected chi connectivity index (χ0v) is 11.2. The van der Waals surface area contributed by atoms with E-state index >= 15 is 0 Å². The first-order valence-corrected chi connectivity index (χ1v) is 6.08. The van der Waals surface area contributed by atoms with Gasteiger partial charge in [0.25, 0.3) is 5.91 Å². The van der Waals surface area contributed by atoms with Crippen molar-refractivity contribution in [3.8, 4) is 0 Å². The zero-order valence-electron chi connectivity index (χ0n) is 9.65. The smallest absolute Gasteiger partial charge is 0.259 e. The van der Waals surface area contributed by atoms with Crippen LogP contribution in [-0.4, -0.2) is 10.9 Å². The lowest BCUT2D eigenvalue weighted by Crippen LogP contribution is -2.17. The average molecular weight is 325 g/mol. The van der Waals surface area contributed by atoms with Crippen molar-refractivity contribution in [2.75, 3.05) is 10.7 Å². The molecule has 0 radical (unpaired) electrons. The Morgan fingerprint density at radius 2 is 2.11 bits per heavy atom. The number of amides is 1. The molecule has 0 unspecified atom stereocenters. The van der Waals surface area contributed by atoms with Gasteiger partial charge in [-0.3, -0.25) is 15.6 Å². The summed E-state index contributed by atoms with van der Waals surface area (Å²) < 4.78 is 13.4. The van der Waals surface area contributed by atoms with Crippen LogP contribution in [0.2, 0.25) is 0 Å². The van der Waals surface area contributed by atoms with Crippen LogP contribution in [0.3, 0.4) is 0 Å². The van der Waals surface area contributed by atoms with Crippen LogP contribution < -0.4 is 16.6 Å². The number of nitrogens with two attached hydrogens (primary N) is 1. The van der Waals surface area contributed by atoms with Gasteiger partial charge in [-0.15, -0.1) is 0 Å². The van der Waals surface area contributed by atoms with Gasteiger partial charge < -0.3 is 10.7 Å². The maximum absolute atomic E-state index is 12.9. The molecule has 4 N–H and O–H groups in total. The van der Waals surface area contributed by atoms with Crippen LogP contribution in [0.4, 0.5) is 15.8 Å². The molecule has 0 aliphatic carbocycles. The molecule has 0 spiro atoms. The van der Waals surface area contributed by atoms with Gasteiger partial charge in [0.2, 0.25) is 0 Å². The second-order valence-electron chi connectivity index (χ2n) is 3.64. The molecule has 2 aromatic rings. The van der Waals surface area contributed by atoms with Gasteiger partial charge in [-0.1, -0.05) is 0 Å². The number of anilines is 2. The summed E-state index contributed by atoms with van der Waals surface area (Å²) in [5.41, 5.74) is 3.61. The number of hydrogen-bond acceptors (Lipinski definition) is 4. The number of aromatic nitrogens is 1. The summed E-state index contributed by atoms with van der Waals surface area (Å²) in [5, 5.41) is 2.64. The Labute approximate surface area is 117 Å². The van der Waals surface area contributed by atoms with Crippen molar-refractivity contribution in [1.29, 1.82) is 0 Å². The van der Waals surface area contributed by atoms with Crippen LogP contribution in [0.15, 0.2) is 41.1 Å². The first kappa shape index (κ1) is 13.4. The fourth-order valence-corrected chi connectivity index (χ4v) is 1.93. The van der Waals surface area contributed by atoms with Crippen LogP contribution >= 0.6 is 15.9 Å². The van der Waals surface area contributed by atoms with Crippen LogP contribution in [0, 0.1) is 5.82 Å². The van der Waals surface area contributed by atoms with Gasteiger partial charge in [-0.2, -0.15) is 0 Å². The molecule has 0 aliphatic heterocycles. The first-order valence-electron chi connectivity index (χ1n) is 5.29. The molecule has 0 saturated heterocycles. The van der Waals surface area contributed by atoms with E-state index in [1.807, 2.05) is 0 Å². The molecule has 0 saturated carbocycles. The van der Waals surface area contributed by atoms with E-state index in [-0.39, 0.29) is 0 Å². The fourth-order valence-electron chi connectivity index (χ4n) is 1.48. The van der Waals surface area contributed by atoms with E-state index in [1.165, 1.54) is 30.6 Å². The van der Waals surface area contributed by atoms with Crippen LogP contribution in [0.25, 0.3) is 0 Å². The van der Waals surface area contributed by atoms with Crippen molar-refractivity contribution in [3.63, 3.8) is 0 Å². The summed E-state index contributed by atoms with van der Waals surface area (Å²) in [4.78, 5) is 15.9. The van der Waals surface area contributed by atoms with Crippen molar-refractivity contribution in [1.82, 2.24) is 4.98 Å². The highest BCUT2D eigenvalue weighted by atomic mass is 79.9. The largest absolute Gasteiger partial charge is 0.323 e.